The molecule has 1 aromatic carbocycles. The van der Waals surface area contributed by atoms with Crippen LogP contribution >= 0.6 is 0 Å². The Bertz CT molecular complexity index is 1670. The van der Waals surface area contributed by atoms with Crippen LogP contribution in [-0.2, 0) is 16.8 Å². The van der Waals surface area contributed by atoms with E-state index in [1.807, 2.05) is 32.4 Å². The Kier molecular flexibility index (Phi) is 6.75. The fourth-order valence-electron chi connectivity index (χ4n) is 5.03. The smallest absolute Gasteiger partial charge is 0.164 e. The van der Waals surface area contributed by atoms with Gasteiger partial charge in [0, 0.05) is 67.7 Å². The van der Waals surface area contributed by atoms with E-state index in [2.05, 4.69) is 61.8 Å². The lowest BCUT2D eigenvalue weighted by Gasteiger charge is -2.41. The van der Waals surface area contributed by atoms with E-state index in [4.69, 9.17) is 16.5 Å². The molecule has 4 heterocycles. The summed E-state index contributed by atoms with van der Waals surface area (Å²) in [7, 11) is -0.576. The number of nitrogens with one attached hydrogen (secondary N) is 1. The lowest BCUT2D eigenvalue weighted by molar-refractivity contribution is 0.451. The molecule has 0 bridgehead atoms. The van der Waals surface area contributed by atoms with Crippen molar-refractivity contribution in [3.8, 4) is 11.4 Å². The van der Waals surface area contributed by atoms with E-state index in [1.54, 1.807) is 17.1 Å². The fourth-order valence-corrected chi connectivity index (χ4v) is 6.36. The van der Waals surface area contributed by atoms with Gasteiger partial charge in [-0.15, -0.1) is 4.95 Å². The van der Waals surface area contributed by atoms with E-state index in [0.29, 0.717) is 29.1 Å². The van der Waals surface area contributed by atoms with Gasteiger partial charge in [-0.2, -0.15) is 11.7 Å². The average molecular weight is 530 g/mol. The van der Waals surface area contributed by atoms with Crippen molar-refractivity contribution < 1.29 is 4.21 Å². The van der Waals surface area contributed by atoms with E-state index in [9.17, 15) is 4.21 Å². The van der Waals surface area contributed by atoms with Crippen molar-refractivity contribution in [1.29, 1.82) is 0 Å². The van der Waals surface area contributed by atoms with Crippen molar-refractivity contribution in [3.05, 3.63) is 65.6 Å². The molecule has 0 saturated carbocycles. The number of nitrogens with zero attached hydrogens (tertiary/aromatic N) is 8. The minimum absolute atomic E-state index is 0.252. The second-order valence-corrected chi connectivity index (χ2v) is 12.6. The Morgan fingerprint density at radius 3 is 2.68 bits per heavy atom. The van der Waals surface area contributed by atoms with Crippen LogP contribution in [0.25, 0.3) is 27.1 Å². The van der Waals surface area contributed by atoms with Gasteiger partial charge in [0.2, 0.25) is 0 Å². The first-order chi connectivity index (χ1) is 18.1. The molecule has 1 unspecified atom stereocenters. The third-order valence-corrected chi connectivity index (χ3v) is 8.27. The van der Waals surface area contributed by atoms with E-state index in [0.717, 1.165) is 40.8 Å². The molecule has 1 atom stereocenters. The second kappa shape index (κ2) is 10.0. The first-order valence-electron chi connectivity index (χ1n) is 12.5. The van der Waals surface area contributed by atoms with E-state index in [1.165, 1.54) is 5.56 Å². The molecule has 11 heteroatoms. The number of rotatable bonds is 7. The number of aryl methyl sites for hydroxylation is 2. The number of hydrogen-bond donors (Lipinski definition) is 1. The zero-order valence-corrected chi connectivity index (χ0v) is 23.0. The third-order valence-electron chi connectivity index (χ3n) is 6.76. The van der Waals surface area contributed by atoms with Crippen LogP contribution in [0.15, 0.2) is 47.3 Å². The Balaban J connectivity index is 1.42. The second-order valence-electron chi connectivity index (χ2n) is 10.2. The third kappa shape index (κ3) is 5.17. The molecule has 196 valence electrons. The number of pyridine rings is 1. The molecule has 5 rings (SSSR count). The van der Waals surface area contributed by atoms with Crippen LogP contribution in [0.2, 0.25) is 0 Å². The van der Waals surface area contributed by atoms with Crippen LogP contribution in [0.4, 0.5) is 17.3 Å². The normalized spacial score (nSPS) is 15.2. The minimum atomic E-state index is -2.46. The molecule has 1 N–H and O–H groups in total. The first-order valence-corrected chi connectivity index (χ1v) is 14.6. The highest BCUT2D eigenvalue weighted by Crippen LogP contribution is 2.37. The predicted octanol–water partition coefficient (Wildman–Crippen LogP) is 4.97. The SMILES string of the molecule is [C-]#[N+]N=S(C)(=O)CC1CN(c2ccc(C(C)C)c3cc(Nc4ccnc(-c5cn(C)nc5C)n4)ncc23)C1. The van der Waals surface area contributed by atoms with Crippen LogP contribution in [0.5, 0.6) is 0 Å². The number of benzene rings is 1. The van der Waals surface area contributed by atoms with Crippen molar-refractivity contribution in [2.24, 2.45) is 17.4 Å². The lowest BCUT2D eigenvalue weighted by Crippen LogP contribution is -2.49. The fraction of sp³-hybridized carbons (Fsp3) is 0.370. The highest BCUT2D eigenvalue weighted by Gasteiger charge is 2.31. The molecular weight excluding hydrogens is 498 g/mol. The molecule has 10 nitrogen and oxygen atoms in total. The van der Waals surface area contributed by atoms with Gasteiger partial charge in [-0.05, 0) is 42.0 Å². The van der Waals surface area contributed by atoms with Gasteiger partial charge >= 0.3 is 0 Å². The van der Waals surface area contributed by atoms with Gasteiger partial charge in [-0.25, -0.2) is 19.2 Å². The predicted molar refractivity (Wildman–Crippen MR) is 152 cm³/mol. The molecular formula is C27H31N9OS. The number of fused-ring (bicyclic) bond motifs is 1. The van der Waals surface area contributed by atoms with Gasteiger partial charge in [-0.1, -0.05) is 19.9 Å². The van der Waals surface area contributed by atoms with Crippen molar-refractivity contribution in [3.63, 3.8) is 0 Å². The summed E-state index contributed by atoms with van der Waals surface area (Å²) in [5, 5.41) is 9.96. The summed E-state index contributed by atoms with van der Waals surface area (Å²) in [5.41, 5.74) is 4.12. The monoisotopic (exact) mass is 529 g/mol. The maximum absolute atomic E-state index is 12.4. The molecule has 0 aliphatic carbocycles. The number of aromatic nitrogens is 5. The molecule has 38 heavy (non-hydrogen) atoms. The molecule has 1 saturated heterocycles. The Labute approximate surface area is 223 Å². The van der Waals surface area contributed by atoms with Crippen molar-refractivity contribution in [1.82, 2.24) is 24.7 Å². The largest absolute Gasteiger partial charge is 0.370 e. The highest BCUT2D eigenvalue weighted by atomic mass is 32.2. The molecule has 4 aromatic rings. The Morgan fingerprint density at radius 1 is 1.21 bits per heavy atom. The molecule has 1 aliphatic heterocycles. The number of anilines is 3. The lowest BCUT2D eigenvalue weighted by atomic mass is 9.93. The highest BCUT2D eigenvalue weighted by molar-refractivity contribution is 7.92. The Morgan fingerprint density at radius 2 is 2.00 bits per heavy atom. The van der Waals surface area contributed by atoms with Crippen molar-refractivity contribution in [2.45, 2.75) is 26.7 Å². The van der Waals surface area contributed by atoms with Gasteiger partial charge in [-0.3, -0.25) is 4.68 Å². The average Bonchev–Trinajstić information content (AvgIpc) is 3.18. The van der Waals surface area contributed by atoms with Crippen LogP contribution < -0.4 is 10.2 Å². The molecule has 1 fully saturated rings. The van der Waals surface area contributed by atoms with E-state index >= 15 is 0 Å². The van der Waals surface area contributed by atoms with Crippen LogP contribution in [0, 0.1) is 19.4 Å². The maximum Gasteiger partial charge on any atom is 0.164 e. The molecule has 0 amide bonds. The van der Waals surface area contributed by atoms with Crippen LogP contribution in [0.1, 0.15) is 31.0 Å². The van der Waals surface area contributed by atoms with Crippen LogP contribution in [0.3, 0.4) is 0 Å². The van der Waals surface area contributed by atoms with Gasteiger partial charge in [0.05, 0.1) is 11.3 Å². The van der Waals surface area contributed by atoms with Gasteiger partial charge in [0.25, 0.3) is 0 Å². The summed E-state index contributed by atoms with van der Waals surface area (Å²) < 4.78 is 17.8. The Hall–Kier alpha value is -4.04. The quantitative estimate of drug-likeness (QED) is 0.266. The van der Waals surface area contributed by atoms with Gasteiger partial charge < -0.3 is 10.2 Å². The minimum Gasteiger partial charge on any atom is -0.370 e. The van der Waals surface area contributed by atoms with Crippen molar-refractivity contribution >= 4 is 37.8 Å². The molecule has 3 aromatic heterocycles. The molecule has 1 aliphatic rings. The summed E-state index contributed by atoms with van der Waals surface area (Å²) in [6, 6.07) is 8.25. The number of hydrogen-bond acceptors (Lipinski definition) is 8. The summed E-state index contributed by atoms with van der Waals surface area (Å²) in [6.07, 6.45) is 7.13. The first kappa shape index (κ1) is 25.6. The summed E-state index contributed by atoms with van der Waals surface area (Å²) in [4.78, 5) is 19.1. The van der Waals surface area contributed by atoms with Gasteiger partial charge in [0.1, 0.15) is 25.8 Å². The van der Waals surface area contributed by atoms with Crippen LogP contribution in [-0.4, -0.2) is 54.0 Å². The molecule has 0 spiro atoms. The topological polar surface area (TPSA) is 106 Å². The zero-order valence-electron chi connectivity index (χ0n) is 22.2. The zero-order chi connectivity index (χ0) is 27.0. The summed E-state index contributed by atoms with van der Waals surface area (Å²) in [5.74, 6) is 3.01. The summed E-state index contributed by atoms with van der Waals surface area (Å²) >= 11 is 0. The van der Waals surface area contributed by atoms with Crippen molar-refractivity contribution in [2.75, 3.05) is 35.3 Å². The van der Waals surface area contributed by atoms with E-state index in [-0.39, 0.29) is 5.92 Å². The maximum atomic E-state index is 12.4. The standard InChI is InChI=1S/C27H31N9OS/c1-17(2)20-7-8-24(36-13-19(14-36)16-38(6,37)34-28-4)22-12-30-26(11-21(20)22)31-25-9-10-29-27(32-25)23-15-35(5)33-18(23)3/h7-12,15,17,19H,13-14,16H2,1-3,5-6H3,(H,29,30,31,32). The van der Waals surface area contributed by atoms with Gasteiger partial charge in [0.15, 0.2) is 5.82 Å². The molecule has 0 radical (unpaired) electrons. The van der Waals surface area contributed by atoms with E-state index < -0.39 is 9.73 Å². The summed E-state index contributed by atoms with van der Waals surface area (Å²) in [6.45, 7) is 14.8.